The third-order valence-corrected chi connectivity index (χ3v) is 3.15. The Kier molecular flexibility index (Phi) is 4.93. The van der Waals surface area contributed by atoms with E-state index < -0.39 is 0 Å². The maximum Gasteiger partial charge on any atom is 0.212 e. The van der Waals surface area contributed by atoms with Crippen LogP contribution in [0.1, 0.15) is 12.1 Å². The first-order chi connectivity index (χ1) is 7.22. The van der Waals surface area contributed by atoms with Gasteiger partial charge in [-0.1, -0.05) is 0 Å². The zero-order valence-electron chi connectivity index (χ0n) is 8.01. The minimum atomic E-state index is 0.0213. The lowest BCUT2D eigenvalue weighted by molar-refractivity contribution is 1.19. The van der Waals surface area contributed by atoms with E-state index in [0.717, 1.165) is 17.2 Å². The van der Waals surface area contributed by atoms with Crippen LogP contribution in [0.5, 0.6) is 0 Å². The molecule has 0 atom stereocenters. The van der Waals surface area contributed by atoms with Crippen molar-refractivity contribution in [2.75, 3.05) is 5.75 Å². The van der Waals surface area contributed by atoms with Gasteiger partial charge in [0.2, 0.25) is 5.13 Å². The quantitative estimate of drug-likeness (QED) is 0.458. The number of rotatable bonds is 5. The van der Waals surface area contributed by atoms with Crippen LogP contribution in [0.2, 0.25) is 0 Å². The second-order valence-electron chi connectivity index (χ2n) is 2.62. The van der Waals surface area contributed by atoms with E-state index in [1.54, 1.807) is 11.8 Å². The van der Waals surface area contributed by atoms with E-state index in [4.69, 9.17) is 16.7 Å². The monoisotopic (exact) mass is 241 g/mol. The molecule has 7 heteroatoms. The highest BCUT2D eigenvalue weighted by Crippen LogP contribution is 2.21. The number of aromatic nitrogens is 1. The van der Waals surface area contributed by atoms with E-state index >= 15 is 0 Å². The number of nitriles is 1. The predicted molar refractivity (Wildman–Crippen MR) is 64.0 cm³/mol. The molecule has 0 unspecified atom stereocenters. The Hall–Kier alpha value is -1.26. The summed E-state index contributed by atoms with van der Waals surface area (Å²) in [5.41, 5.74) is 11.4. The summed E-state index contributed by atoms with van der Waals surface area (Å²) in [6.45, 7) is 0. The maximum absolute atomic E-state index is 8.34. The number of nitrogens with two attached hydrogens (primary N) is 2. The van der Waals surface area contributed by atoms with Crippen molar-refractivity contribution < 1.29 is 0 Å². The van der Waals surface area contributed by atoms with E-state index in [2.05, 4.69) is 16.0 Å². The van der Waals surface area contributed by atoms with Gasteiger partial charge in [-0.3, -0.25) is 0 Å². The highest BCUT2D eigenvalue weighted by atomic mass is 32.2. The molecule has 1 heterocycles. The molecule has 0 aromatic carbocycles. The van der Waals surface area contributed by atoms with Crippen LogP contribution < -0.4 is 11.5 Å². The minimum absolute atomic E-state index is 0.0213. The van der Waals surface area contributed by atoms with Gasteiger partial charge in [-0.05, 0) is 0 Å². The van der Waals surface area contributed by atoms with Crippen LogP contribution in [-0.4, -0.2) is 16.7 Å². The highest BCUT2D eigenvalue weighted by molar-refractivity contribution is 7.98. The molecule has 0 bridgehead atoms. The topological polar surface area (TPSA) is 101 Å². The predicted octanol–water partition coefficient (Wildman–Crippen LogP) is 1.19. The molecule has 0 radical (unpaired) electrons. The lowest BCUT2D eigenvalue weighted by atomic mass is 10.6. The Balaban J connectivity index is 2.40. The van der Waals surface area contributed by atoms with Crippen molar-refractivity contribution in [3.63, 3.8) is 0 Å². The molecule has 0 fully saturated rings. The molecule has 0 aliphatic carbocycles. The van der Waals surface area contributed by atoms with Crippen molar-refractivity contribution in [1.29, 1.82) is 5.26 Å². The van der Waals surface area contributed by atoms with Gasteiger partial charge in [-0.15, -0.1) is 11.3 Å². The molecular formula is C8H11N5S2. The van der Waals surface area contributed by atoms with Crippen molar-refractivity contribution in [3.8, 4) is 6.07 Å². The first kappa shape index (κ1) is 11.8. The molecule has 5 nitrogen and oxygen atoms in total. The molecule has 1 aromatic rings. The number of thioether (sulfide) groups is 1. The fourth-order valence-corrected chi connectivity index (χ4v) is 2.37. The zero-order valence-corrected chi connectivity index (χ0v) is 9.64. The van der Waals surface area contributed by atoms with Crippen LogP contribution >= 0.6 is 23.1 Å². The Labute approximate surface area is 96.2 Å². The van der Waals surface area contributed by atoms with Gasteiger partial charge in [0, 0.05) is 23.3 Å². The molecule has 1 rings (SSSR count). The number of hydrogen-bond donors (Lipinski definition) is 2. The number of thiazole rings is 1. The molecule has 1 aromatic heterocycles. The van der Waals surface area contributed by atoms with Crippen molar-refractivity contribution in [2.24, 2.45) is 16.5 Å². The fraction of sp³-hybridized carbons (Fsp3) is 0.375. The van der Waals surface area contributed by atoms with E-state index in [1.165, 1.54) is 11.3 Å². The average molecular weight is 241 g/mol. The summed E-state index contributed by atoms with van der Waals surface area (Å²) < 4.78 is 0. The van der Waals surface area contributed by atoms with Crippen LogP contribution in [0.4, 0.5) is 5.13 Å². The molecule has 0 spiro atoms. The molecule has 80 valence electrons. The Morgan fingerprint density at radius 1 is 1.67 bits per heavy atom. The van der Waals surface area contributed by atoms with Gasteiger partial charge in [-0.25, -0.2) is 4.98 Å². The minimum Gasteiger partial charge on any atom is -0.370 e. The molecule has 0 amide bonds. The second-order valence-corrected chi connectivity index (χ2v) is 4.56. The van der Waals surface area contributed by atoms with Crippen LogP contribution in [-0.2, 0) is 5.75 Å². The Morgan fingerprint density at radius 2 is 2.47 bits per heavy atom. The van der Waals surface area contributed by atoms with E-state index in [0.29, 0.717) is 11.6 Å². The van der Waals surface area contributed by atoms with E-state index in [9.17, 15) is 0 Å². The largest absolute Gasteiger partial charge is 0.370 e. The summed E-state index contributed by atoms with van der Waals surface area (Å²) in [5.74, 6) is 1.64. The molecule has 0 aliphatic rings. The molecule has 0 aliphatic heterocycles. The normalized spacial score (nSPS) is 9.53. The van der Waals surface area contributed by atoms with Crippen LogP contribution in [0.15, 0.2) is 10.4 Å². The zero-order chi connectivity index (χ0) is 11.1. The third kappa shape index (κ3) is 4.67. The second kappa shape index (κ2) is 6.27. The first-order valence-corrected chi connectivity index (χ1v) is 6.24. The van der Waals surface area contributed by atoms with Crippen molar-refractivity contribution >= 4 is 34.2 Å². The summed E-state index contributed by atoms with van der Waals surface area (Å²) in [6.07, 6.45) is 0.565. The van der Waals surface area contributed by atoms with Crippen molar-refractivity contribution in [1.82, 2.24) is 4.98 Å². The van der Waals surface area contributed by atoms with Crippen molar-refractivity contribution in [2.45, 2.75) is 12.2 Å². The molecule has 4 N–H and O–H groups in total. The van der Waals surface area contributed by atoms with Gasteiger partial charge in [0.1, 0.15) is 0 Å². The van der Waals surface area contributed by atoms with Crippen LogP contribution in [0.3, 0.4) is 0 Å². The van der Waals surface area contributed by atoms with Crippen molar-refractivity contribution in [3.05, 3.63) is 11.1 Å². The summed E-state index contributed by atoms with van der Waals surface area (Å²) in [7, 11) is 0. The smallest absolute Gasteiger partial charge is 0.212 e. The van der Waals surface area contributed by atoms with Gasteiger partial charge in [0.15, 0.2) is 5.96 Å². The summed E-state index contributed by atoms with van der Waals surface area (Å²) in [4.78, 5) is 8.06. The number of guanidine groups is 1. The number of aliphatic imine (C=N–C) groups is 1. The molecule has 0 saturated heterocycles. The van der Waals surface area contributed by atoms with E-state index in [-0.39, 0.29) is 5.96 Å². The van der Waals surface area contributed by atoms with Gasteiger partial charge in [0.05, 0.1) is 11.8 Å². The lowest BCUT2D eigenvalue weighted by Gasteiger charge is -1.93. The summed E-state index contributed by atoms with van der Waals surface area (Å²) in [6, 6.07) is 2.09. The standard InChI is InChI=1S/C8H11N5S2/c9-2-1-3-14-4-6-5-15-8(12-6)13-7(10)11/h5H,1,3-4H2,(H4,10,11,12,13). The van der Waals surface area contributed by atoms with Gasteiger partial charge >= 0.3 is 0 Å². The van der Waals surface area contributed by atoms with Crippen LogP contribution in [0, 0.1) is 11.3 Å². The van der Waals surface area contributed by atoms with Gasteiger partial charge in [0.25, 0.3) is 0 Å². The SMILES string of the molecule is N#CCCSCc1csc(N=C(N)N)n1. The average Bonchev–Trinajstić information content (AvgIpc) is 2.59. The summed E-state index contributed by atoms with van der Waals surface area (Å²) in [5, 5.41) is 10.8. The summed E-state index contributed by atoms with van der Waals surface area (Å²) >= 11 is 3.08. The lowest BCUT2D eigenvalue weighted by Crippen LogP contribution is -2.21. The van der Waals surface area contributed by atoms with Crippen LogP contribution in [0.25, 0.3) is 0 Å². The Bertz CT molecular complexity index is 375. The molecular weight excluding hydrogens is 230 g/mol. The fourth-order valence-electron chi connectivity index (χ4n) is 0.819. The van der Waals surface area contributed by atoms with Gasteiger partial charge in [-0.2, -0.15) is 22.0 Å². The van der Waals surface area contributed by atoms with Gasteiger partial charge < -0.3 is 11.5 Å². The van der Waals surface area contributed by atoms with E-state index in [1.807, 2.05) is 5.38 Å². The molecule has 0 saturated carbocycles. The third-order valence-electron chi connectivity index (χ3n) is 1.37. The number of nitrogens with zero attached hydrogens (tertiary/aromatic N) is 3. The highest BCUT2D eigenvalue weighted by Gasteiger charge is 2.00. The first-order valence-electron chi connectivity index (χ1n) is 4.21. The Morgan fingerprint density at radius 3 is 3.13 bits per heavy atom. The number of hydrogen-bond acceptors (Lipinski definition) is 5. The molecule has 15 heavy (non-hydrogen) atoms. The maximum atomic E-state index is 8.34.